The average Bonchev–Trinajstić information content (AvgIpc) is 2.75. The Balaban J connectivity index is 2.33. The number of carbonyl (C=O) groups excluding carboxylic acids is 1. The molecule has 4 atom stereocenters. The van der Waals surface area contributed by atoms with Crippen molar-refractivity contribution in [1.29, 1.82) is 0 Å². The maximum Gasteiger partial charge on any atom is 0.270 e. The van der Waals surface area contributed by atoms with Gasteiger partial charge in [-0.2, -0.15) is 5.10 Å². The number of aliphatic hydroxyl groups is 2. The van der Waals surface area contributed by atoms with E-state index in [4.69, 9.17) is 10.5 Å². The average molecular weight is 243 g/mol. The molecule has 0 spiro atoms. The van der Waals surface area contributed by atoms with E-state index in [1.807, 2.05) is 0 Å². The first kappa shape index (κ1) is 11.8. The number of aliphatic hydroxyl groups excluding tert-OH is 2. The first-order chi connectivity index (χ1) is 7.93. The van der Waals surface area contributed by atoms with Gasteiger partial charge in [0.1, 0.15) is 24.0 Å². The number of aromatic hydroxyl groups is 1. The van der Waals surface area contributed by atoms with E-state index < -0.39 is 36.1 Å². The molecule has 2 rings (SSSR count). The normalized spacial score (nSPS) is 32.9. The van der Waals surface area contributed by atoms with Crippen molar-refractivity contribution in [3.05, 3.63) is 11.4 Å². The molecule has 8 nitrogen and oxygen atoms in total. The van der Waals surface area contributed by atoms with Crippen molar-refractivity contribution in [2.75, 3.05) is 0 Å². The second-order valence-electron chi connectivity index (χ2n) is 3.94. The van der Waals surface area contributed by atoms with Gasteiger partial charge >= 0.3 is 0 Å². The molecule has 17 heavy (non-hydrogen) atoms. The Morgan fingerprint density at radius 1 is 1.47 bits per heavy atom. The van der Waals surface area contributed by atoms with Crippen LogP contribution in [0.3, 0.4) is 0 Å². The number of nitrogens with one attached hydrogen (secondary N) is 1. The molecule has 1 aliphatic heterocycles. The standard InChI is InChI=1S/C9H13N3O5/c1-2-5(13)7(15)8(17-2)3-6(14)4(9(10)16)12-11-3/h2,5,7-8,13-15H,1H3,(H2,10,16)(H,11,12)/t2-,5-,7-,8?/m1/s1. The van der Waals surface area contributed by atoms with Crippen molar-refractivity contribution in [3.63, 3.8) is 0 Å². The summed E-state index contributed by atoms with van der Waals surface area (Å²) in [7, 11) is 0. The third-order valence-electron chi connectivity index (χ3n) is 2.79. The maximum atomic E-state index is 10.9. The highest BCUT2D eigenvalue weighted by atomic mass is 16.5. The molecule has 1 saturated heterocycles. The number of H-pyrrole nitrogens is 1. The van der Waals surface area contributed by atoms with E-state index in [1.54, 1.807) is 6.92 Å². The fraction of sp³-hybridized carbons (Fsp3) is 0.556. The number of aromatic nitrogens is 2. The van der Waals surface area contributed by atoms with Gasteiger partial charge in [0.05, 0.1) is 6.10 Å². The van der Waals surface area contributed by atoms with Gasteiger partial charge in [0.25, 0.3) is 5.91 Å². The molecule has 1 fully saturated rings. The number of hydrogen-bond acceptors (Lipinski definition) is 6. The molecule has 0 aliphatic carbocycles. The van der Waals surface area contributed by atoms with Gasteiger partial charge < -0.3 is 25.8 Å². The Labute approximate surface area is 96.0 Å². The molecular formula is C9H13N3O5. The number of hydrogen-bond donors (Lipinski definition) is 5. The lowest BCUT2D eigenvalue weighted by molar-refractivity contribution is 0.0111. The summed E-state index contributed by atoms with van der Waals surface area (Å²) in [5.74, 6) is -1.34. The maximum absolute atomic E-state index is 10.9. The number of ether oxygens (including phenoxy) is 1. The van der Waals surface area contributed by atoms with Crippen LogP contribution in [-0.4, -0.2) is 49.7 Å². The van der Waals surface area contributed by atoms with Crippen LogP contribution in [0.5, 0.6) is 5.75 Å². The van der Waals surface area contributed by atoms with Gasteiger partial charge in [-0.1, -0.05) is 0 Å². The number of rotatable bonds is 2. The summed E-state index contributed by atoms with van der Waals surface area (Å²) in [4.78, 5) is 10.9. The molecule has 2 heterocycles. The summed E-state index contributed by atoms with van der Waals surface area (Å²) in [6, 6.07) is 0. The molecule has 94 valence electrons. The largest absolute Gasteiger partial charge is 0.504 e. The van der Waals surface area contributed by atoms with E-state index in [1.165, 1.54) is 0 Å². The van der Waals surface area contributed by atoms with Crippen LogP contribution in [0.4, 0.5) is 0 Å². The first-order valence-corrected chi connectivity index (χ1v) is 5.02. The molecule has 1 unspecified atom stereocenters. The Hall–Kier alpha value is -1.64. The zero-order chi connectivity index (χ0) is 12.7. The van der Waals surface area contributed by atoms with Crippen LogP contribution in [0.25, 0.3) is 0 Å². The molecule has 1 aromatic rings. The molecule has 0 bridgehead atoms. The van der Waals surface area contributed by atoms with Crippen molar-refractivity contribution in [1.82, 2.24) is 10.2 Å². The minimum atomic E-state index is -1.22. The fourth-order valence-corrected chi connectivity index (χ4v) is 1.80. The van der Waals surface area contributed by atoms with E-state index >= 15 is 0 Å². The van der Waals surface area contributed by atoms with E-state index in [9.17, 15) is 20.1 Å². The quantitative estimate of drug-likeness (QED) is 0.423. The zero-order valence-corrected chi connectivity index (χ0v) is 8.99. The number of amides is 1. The molecule has 1 amide bonds. The number of aromatic amines is 1. The summed E-state index contributed by atoms with van der Waals surface area (Å²) in [6.07, 6.45) is -3.89. The Morgan fingerprint density at radius 3 is 2.53 bits per heavy atom. The van der Waals surface area contributed by atoms with Crippen molar-refractivity contribution < 1.29 is 24.9 Å². The van der Waals surface area contributed by atoms with Crippen molar-refractivity contribution in [2.24, 2.45) is 5.73 Å². The zero-order valence-electron chi connectivity index (χ0n) is 8.99. The van der Waals surface area contributed by atoms with E-state index in [2.05, 4.69) is 10.2 Å². The van der Waals surface area contributed by atoms with Crippen LogP contribution in [0.2, 0.25) is 0 Å². The van der Waals surface area contributed by atoms with Crippen LogP contribution in [0, 0.1) is 0 Å². The molecule has 1 aromatic heterocycles. The lowest BCUT2D eigenvalue weighted by Crippen LogP contribution is -2.28. The van der Waals surface area contributed by atoms with Gasteiger partial charge in [-0.25, -0.2) is 0 Å². The van der Waals surface area contributed by atoms with E-state index in [0.29, 0.717) is 0 Å². The Bertz CT molecular complexity index is 446. The second kappa shape index (κ2) is 3.99. The van der Waals surface area contributed by atoms with Gasteiger partial charge in [-0.3, -0.25) is 9.89 Å². The molecule has 6 N–H and O–H groups in total. The number of nitrogens with zero attached hydrogens (tertiary/aromatic N) is 1. The molecule has 1 aliphatic rings. The Kier molecular flexibility index (Phi) is 2.77. The second-order valence-corrected chi connectivity index (χ2v) is 3.94. The van der Waals surface area contributed by atoms with Crippen LogP contribution in [0.1, 0.15) is 29.2 Å². The minimum absolute atomic E-state index is 0.0466. The minimum Gasteiger partial charge on any atom is -0.504 e. The Morgan fingerprint density at radius 2 is 2.12 bits per heavy atom. The van der Waals surface area contributed by atoms with Crippen molar-refractivity contribution >= 4 is 5.91 Å². The van der Waals surface area contributed by atoms with Crippen molar-refractivity contribution in [3.8, 4) is 5.75 Å². The van der Waals surface area contributed by atoms with E-state index in [-0.39, 0.29) is 11.4 Å². The fourth-order valence-electron chi connectivity index (χ4n) is 1.80. The highest BCUT2D eigenvalue weighted by molar-refractivity contribution is 5.93. The van der Waals surface area contributed by atoms with Crippen LogP contribution < -0.4 is 5.73 Å². The number of nitrogens with two attached hydrogens (primary N) is 1. The smallest absolute Gasteiger partial charge is 0.270 e. The summed E-state index contributed by atoms with van der Waals surface area (Å²) < 4.78 is 5.25. The summed E-state index contributed by atoms with van der Waals surface area (Å²) in [5.41, 5.74) is 4.69. The third kappa shape index (κ3) is 1.75. The lowest BCUT2D eigenvalue weighted by atomic mass is 10.1. The number of primary amides is 1. The third-order valence-corrected chi connectivity index (χ3v) is 2.79. The molecule has 0 aromatic carbocycles. The van der Waals surface area contributed by atoms with Gasteiger partial charge in [0.2, 0.25) is 0 Å². The monoisotopic (exact) mass is 243 g/mol. The van der Waals surface area contributed by atoms with Gasteiger partial charge in [-0.15, -0.1) is 0 Å². The first-order valence-electron chi connectivity index (χ1n) is 5.02. The predicted octanol–water partition coefficient (Wildman–Crippen LogP) is -1.60. The summed E-state index contributed by atoms with van der Waals surface area (Å²) in [5, 5.41) is 34.8. The van der Waals surface area contributed by atoms with Gasteiger partial charge in [0.15, 0.2) is 11.4 Å². The highest BCUT2D eigenvalue weighted by Gasteiger charge is 2.44. The van der Waals surface area contributed by atoms with Crippen LogP contribution in [-0.2, 0) is 4.74 Å². The topological polar surface area (TPSA) is 142 Å². The predicted molar refractivity (Wildman–Crippen MR) is 54.1 cm³/mol. The molecule has 0 radical (unpaired) electrons. The molecule has 8 heteroatoms. The van der Waals surface area contributed by atoms with Crippen LogP contribution in [0.15, 0.2) is 0 Å². The summed E-state index contributed by atoms with van der Waals surface area (Å²) >= 11 is 0. The highest BCUT2D eigenvalue weighted by Crippen LogP contribution is 2.37. The SMILES string of the molecule is C[C@H]1OC(c2n[nH]c(C(N)=O)c2O)[C@H](O)[C@@H]1O. The number of carbonyl (C=O) groups is 1. The summed E-state index contributed by atoms with van der Waals surface area (Å²) in [6.45, 7) is 1.58. The lowest BCUT2D eigenvalue weighted by Gasteiger charge is -2.12. The van der Waals surface area contributed by atoms with Gasteiger partial charge in [0, 0.05) is 0 Å². The van der Waals surface area contributed by atoms with E-state index in [0.717, 1.165) is 0 Å². The van der Waals surface area contributed by atoms with Crippen molar-refractivity contribution in [2.45, 2.75) is 31.3 Å². The molecular weight excluding hydrogens is 230 g/mol. The van der Waals surface area contributed by atoms with Gasteiger partial charge in [-0.05, 0) is 6.92 Å². The van der Waals surface area contributed by atoms with Crippen LogP contribution >= 0.6 is 0 Å². The molecule has 0 saturated carbocycles.